The Morgan fingerprint density at radius 2 is 2.00 bits per heavy atom. The molecule has 0 saturated heterocycles. The minimum atomic E-state index is -0.375. The molecule has 9 nitrogen and oxygen atoms in total. The molecule has 4 N–H and O–H groups in total. The van der Waals surface area contributed by atoms with Crippen LogP contribution in [0.25, 0.3) is 21.8 Å². The van der Waals surface area contributed by atoms with Crippen molar-refractivity contribution in [2.24, 2.45) is 12.5 Å². The Balaban J connectivity index is 1.67. The highest BCUT2D eigenvalue weighted by Crippen LogP contribution is 2.37. The number of pyridine rings is 2. The second kappa shape index (κ2) is 11.4. The highest BCUT2D eigenvalue weighted by atomic mass is 35.5. The van der Waals surface area contributed by atoms with Gasteiger partial charge in [0.1, 0.15) is 6.07 Å². The van der Waals surface area contributed by atoms with Gasteiger partial charge in [0.2, 0.25) is 0 Å². The Bertz CT molecular complexity index is 1830. The Kier molecular flexibility index (Phi) is 7.87. The summed E-state index contributed by atoms with van der Waals surface area (Å²) in [5, 5.41) is 21.0. The summed E-state index contributed by atoms with van der Waals surface area (Å²) >= 11 is 6.81. The predicted molar refractivity (Wildman–Crippen MR) is 171 cm³/mol. The van der Waals surface area contributed by atoms with Crippen LogP contribution in [0.4, 0.5) is 11.4 Å². The van der Waals surface area contributed by atoms with Crippen molar-refractivity contribution in [1.82, 2.24) is 25.5 Å². The Hall–Kier alpha value is -4.52. The molecule has 2 aromatic carbocycles. The van der Waals surface area contributed by atoms with Crippen LogP contribution in [0, 0.1) is 16.7 Å². The molecule has 0 radical (unpaired) electrons. The van der Waals surface area contributed by atoms with Crippen molar-refractivity contribution >= 4 is 44.8 Å². The number of aromatic nitrogens is 2. The van der Waals surface area contributed by atoms with E-state index in [4.69, 9.17) is 11.6 Å². The number of hydrazine groups is 2. The molecule has 0 spiro atoms. The van der Waals surface area contributed by atoms with Crippen molar-refractivity contribution < 1.29 is 0 Å². The zero-order valence-electron chi connectivity index (χ0n) is 24.5. The first-order chi connectivity index (χ1) is 20.0. The van der Waals surface area contributed by atoms with Crippen molar-refractivity contribution in [3.05, 3.63) is 99.3 Å². The number of anilines is 2. The molecule has 0 fully saturated rings. The van der Waals surface area contributed by atoms with Crippen LogP contribution in [0.15, 0.2) is 77.6 Å². The summed E-state index contributed by atoms with van der Waals surface area (Å²) < 4.78 is 1.64. The van der Waals surface area contributed by atoms with E-state index >= 15 is 0 Å². The first kappa shape index (κ1) is 29.0. The average molecular weight is 583 g/mol. The van der Waals surface area contributed by atoms with Crippen molar-refractivity contribution in [3.63, 3.8) is 0 Å². The lowest BCUT2D eigenvalue weighted by atomic mass is 9.96. The first-order valence-corrected chi connectivity index (χ1v) is 14.2. The molecule has 1 aliphatic heterocycles. The molecule has 10 heteroatoms. The van der Waals surface area contributed by atoms with E-state index in [9.17, 15) is 10.1 Å². The van der Waals surface area contributed by atoms with Gasteiger partial charge in [-0.25, -0.2) is 0 Å². The second-order valence-corrected chi connectivity index (χ2v) is 12.0. The molecule has 3 heterocycles. The highest BCUT2D eigenvalue weighted by Gasteiger charge is 2.26. The molecule has 216 valence electrons. The predicted octanol–water partition coefficient (Wildman–Crippen LogP) is 6.31. The first-order valence-electron chi connectivity index (χ1n) is 13.8. The highest BCUT2D eigenvalue weighted by molar-refractivity contribution is 6.35. The SMILES string of the molecule is C=C(CC)N1C=C([C@@H](Nc2cc(Cl)c3ncc(C#N)c(NCC(C)(C)C)c3c2)c2cccc3c2ccc(=O)n3C)NN1. The molecule has 2 aromatic heterocycles. The Morgan fingerprint density at radius 1 is 1.21 bits per heavy atom. The molecule has 4 aromatic rings. The molecular weight excluding hydrogens is 548 g/mol. The molecule has 1 aliphatic rings. The average Bonchev–Trinajstić information content (AvgIpc) is 3.45. The minimum Gasteiger partial charge on any atom is -0.383 e. The van der Waals surface area contributed by atoms with Gasteiger partial charge in [-0.2, -0.15) is 5.26 Å². The van der Waals surface area contributed by atoms with Gasteiger partial charge in [0.25, 0.3) is 5.56 Å². The van der Waals surface area contributed by atoms with E-state index in [1.807, 2.05) is 54.5 Å². The van der Waals surface area contributed by atoms with E-state index < -0.39 is 0 Å². The van der Waals surface area contributed by atoms with E-state index in [1.54, 1.807) is 23.9 Å². The monoisotopic (exact) mass is 582 g/mol. The van der Waals surface area contributed by atoms with Crippen LogP contribution in [0.1, 0.15) is 51.3 Å². The molecule has 1 atom stereocenters. The number of allylic oxidation sites excluding steroid dienone is 1. The van der Waals surface area contributed by atoms with Gasteiger partial charge in [-0.1, -0.05) is 58.0 Å². The van der Waals surface area contributed by atoms with Gasteiger partial charge in [-0.05, 0) is 41.7 Å². The van der Waals surface area contributed by atoms with Gasteiger partial charge < -0.3 is 20.6 Å². The lowest BCUT2D eigenvalue weighted by Crippen LogP contribution is -2.36. The summed E-state index contributed by atoms with van der Waals surface area (Å²) in [4.78, 5) is 16.9. The van der Waals surface area contributed by atoms with Gasteiger partial charge in [0.15, 0.2) is 0 Å². The van der Waals surface area contributed by atoms with E-state index in [0.29, 0.717) is 28.3 Å². The summed E-state index contributed by atoms with van der Waals surface area (Å²) in [5.41, 5.74) is 12.4. The van der Waals surface area contributed by atoms with E-state index in [1.165, 1.54) is 0 Å². The zero-order valence-corrected chi connectivity index (χ0v) is 25.2. The number of nitrogens with zero attached hydrogens (tertiary/aromatic N) is 4. The third-order valence-corrected chi connectivity index (χ3v) is 7.60. The molecule has 0 aliphatic carbocycles. The normalized spacial score (nSPS) is 13.9. The Morgan fingerprint density at radius 3 is 2.71 bits per heavy atom. The smallest absolute Gasteiger partial charge is 0.250 e. The number of hydrogen-bond donors (Lipinski definition) is 4. The fourth-order valence-electron chi connectivity index (χ4n) is 4.96. The standard InChI is InChI=1S/C32H35ClN8O/c1-7-19(2)41-17-26(38-39-41)31(23-9-8-10-27-22(23)11-12-28(42)40(27)6)37-21-13-24-29(36-18-32(3,4)5)20(15-34)16-35-30(24)25(33)14-21/h8-14,16-17,31,37-39H,2,7,18H2,1,3-6H3,(H,35,36)/t31-/m0/s1. The topological polar surface area (TPSA) is 110 Å². The zero-order chi connectivity index (χ0) is 30.2. The van der Waals surface area contributed by atoms with Crippen molar-refractivity contribution in [2.45, 2.75) is 40.2 Å². The maximum Gasteiger partial charge on any atom is 0.250 e. The van der Waals surface area contributed by atoms with E-state index in [-0.39, 0.29) is 17.0 Å². The summed E-state index contributed by atoms with van der Waals surface area (Å²) in [6, 6.07) is 15.1. The van der Waals surface area contributed by atoms with E-state index in [2.05, 4.69) is 60.0 Å². The number of hydrogen-bond acceptors (Lipinski definition) is 8. The number of nitriles is 1. The molecule has 0 amide bonds. The van der Waals surface area contributed by atoms with Crippen molar-refractivity contribution in [1.29, 1.82) is 5.26 Å². The van der Waals surface area contributed by atoms with Gasteiger partial charge in [0.05, 0.1) is 39.0 Å². The Labute approximate surface area is 250 Å². The van der Waals surface area contributed by atoms with Crippen molar-refractivity contribution in [2.75, 3.05) is 17.2 Å². The van der Waals surface area contributed by atoms with Crippen LogP contribution in [-0.4, -0.2) is 21.1 Å². The number of fused-ring (bicyclic) bond motifs is 2. The fourth-order valence-corrected chi connectivity index (χ4v) is 5.23. The largest absolute Gasteiger partial charge is 0.383 e. The molecular formula is C32H35ClN8O. The number of aryl methyl sites for hydroxylation is 1. The van der Waals surface area contributed by atoms with Crippen LogP contribution in [0.5, 0.6) is 0 Å². The van der Waals surface area contributed by atoms with Crippen LogP contribution in [0.2, 0.25) is 5.02 Å². The number of nitrogens with one attached hydrogen (secondary N) is 4. The third-order valence-electron chi connectivity index (χ3n) is 7.31. The van der Waals surface area contributed by atoms with Crippen LogP contribution >= 0.6 is 11.6 Å². The molecule has 5 rings (SSSR count). The summed E-state index contributed by atoms with van der Waals surface area (Å²) in [6.45, 7) is 13.2. The maximum absolute atomic E-state index is 12.4. The summed E-state index contributed by atoms with van der Waals surface area (Å²) in [5.74, 6) is 0. The lowest BCUT2D eigenvalue weighted by molar-refractivity contribution is 0.327. The fraction of sp³-hybridized carbons (Fsp3) is 0.281. The minimum absolute atomic E-state index is 0.0104. The van der Waals surface area contributed by atoms with Crippen LogP contribution < -0.4 is 27.2 Å². The summed E-state index contributed by atoms with van der Waals surface area (Å²) in [7, 11) is 1.77. The van der Waals surface area contributed by atoms with Crippen LogP contribution in [-0.2, 0) is 7.05 Å². The van der Waals surface area contributed by atoms with Crippen molar-refractivity contribution in [3.8, 4) is 6.07 Å². The van der Waals surface area contributed by atoms with Gasteiger partial charge in [-0.3, -0.25) is 14.8 Å². The molecule has 0 bridgehead atoms. The number of benzene rings is 2. The van der Waals surface area contributed by atoms with Crippen LogP contribution in [0.3, 0.4) is 0 Å². The molecule has 0 unspecified atom stereocenters. The third kappa shape index (κ3) is 5.64. The summed E-state index contributed by atoms with van der Waals surface area (Å²) in [6.07, 6.45) is 4.30. The maximum atomic E-state index is 12.4. The van der Waals surface area contributed by atoms with Gasteiger partial charge >= 0.3 is 0 Å². The molecule has 42 heavy (non-hydrogen) atoms. The lowest BCUT2D eigenvalue weighted by Gasteiger charge is -2.24. The number of halogens is 1. The molecule has 0 saturated carbocycles. The quantitative estimate of drug-likeness (QED) is 0.191. The number of rotatable bonds is 8. The van der Waals surface area contributed by atoms with E-state index in [0.717, 1.165) is 45.4 Å². The second-order valence-electron chi connectivity index (χ2n) is 11.6. The van der Waals surface area contributed by atoms with Gasteiger partial charge in [-0.15, -0.1) is 5.53 Å². The van der Waals surface area contributed by atoms with Gasteiger partial charge in [0, 0.05) is 54.2 Å².